The fourth-order valence-corrected chi connectivity index (χ4v) is 2.20. The summed E-state index contributed by atoms with van der Waals surface area (Å²) in [6.45, 7) is 6.73. The molecule has 2 rings (SSSR count). The summed E-state index contributed by atoms with van der Waals surface area (Å²) in [4.78, 5) is 0. The van der Waals surface area contributed by atoms with Crippen molar-refractivity contribution in [3.05, 3.63) is 64.2 Å². The van der Waals surface area contributed by atoms with Gasteiger partial charge in [0.05, 0.1) is 6.61 Å². The highest BCUT2D eigenvalue weighted by Crippen LogP contribution is 2.22. The maximum Gasteiger partial charge on any atom is 0.125 e. The first kappa shape index (κ1) is 13.6. The van der Waals surface area contributed by atoms with Gasteiger partial charge in [-0.2, -0.15) is 0 Å². The van der Waals surface area contributed by atoms with Crippen molar-refractivity contribution in [2.24, 2.45) is 0 Å². The number of hydrogen-bond donors (Lipinski definition) is 1. The Morgan fingerprint density at radius 3 is 2.32 bits per heavy atom. The molecule has 19 heavy (non-hydrogen) atoms. The predicted molar refractivity (Wildman–Crippen MR) is 77.3 cm³/mol. The Bertz CT molecular complexity index is 553. The first-order chi connectivity index (χ1) is 9.11. The molecule has 2 aromatic rings. The maximum absolute atomic E-state index is 9.37. The van der Waals surface area contributed by atoms with Gasteiger partial charge in [-0.05, 0) is 43.5 Å². The summed E-state index contributed by atoms with van der Waals surface area (Å²) in [5, 5.41) is 9.37. The van der Waals surface area contributed by atoms with E-state index in [1.165, 1.54) is 16.7 Å². The van der Waals surface area contributed by atoms with Crippen molar-refractivity contribution in [2.45, 2.75) is 34.0 Å². The van der Waals surface area contributed by atoms with Gasteiger partial charge >= 0.3 is 0 Å². The largest absolute Gasteiger partial charge is 0.489 e. The lowest BCUT2D eigenvalue weighted by Crippen LogP contribution is -2.02. The summed E-state index contributed by atoms with van der Waals surface area (Å²) in [5.74, 6) is 0.760. The summed E-state index contributed by atoms with van der Waals surface area (Å²) in [6.07, 6.45) is 0. The standard InChI is InChI=1S/C17H20O2/c1-12-7-8-17(15(9-12)10-18)19-11-16-13(2)5-4-6-14(16)3/h4-9,18H,10-11H2,1-3H3. The molecule has 2 aromatic carbocycles. The number of aliphatic hydroxyl groups is 1. The van der Waals surface area contributed by atoms with E-state index in [1.54, 1.807) is 0 Å². The van der Waals surface area contributed by atoms with Gasteiger partial charge in [0.25, 0.3) is 0 Å². The first-order valence-electron chi connectivity index (χ1n) is 6.50. The van der Waals surface area contributed by atoms with Crippen LogP contribution in [0.15, 0.2) is 36.4 Å². The van der Waals surface area contributed by atoms with Gasteiger partial charge in [0.15, 0.2) is 0 Å². The number of aliphatic hydroxyl groups excluding tert-OH is 1. The highest BCUT2D eigenvalue weighted by molar-refractivity contribution is 5.38. The number of hydrogen-bond acceptors (Lipinski definition) is 2. The lowest BCUT2D eigenvalue weighted by Gasteiger charge is -2.14. The van der Waals surface area contributed by atoms with Crippen LogP contribution in [-0.4, -0.2) is 5.11 Å². The van der Waals surface area contributed by atoms with Crippen LogP contribution in [0.4, 0.5) is 0 Å². The molecule has 2 nitrogen and oxygen atoms in total. The fourth-order valence-electron chi connectivity index (χ4n) is 2.20. The van der Waals surface area contributed by atoms with E-state index in [9.17, 15) is 5.11 Å². The Morgan fingerprint density at radius 1 is 1.00 bits per heavy atom. The van der Waals surface area contributed by atoms with E-state index in [4.69, 9.17) is 4.74 Å². The molecule has 0 saturated carbocycles. The van der Waals surface area contributed by atoms with Gasteiger partial charge in [-0.3, -0.25) is 0 Å². The predicted octanol–water partition coefficient (Wildman–Crippen LogP) is 3.68. The third kappa shape index (κ3) is 3.15. The minimum atomic E-state index is 0.00374. The second kappa shape index (κ2) is 5.89. The Hall–Kier alpha value is -1.80. The molecule has 0 fully saturated rings. The summed E-state index contributed by atoms with van der Waals surface area (Å²) < 4.78 is 5.87. The molecule has 0 heterocycles. The molecule has 0 aliphatic heterocycles. The number of aryl methyl sites for hydroxylation is 3. The van der Waals surface area contributed by atoms with Crippen LogP contribution in [0.5, 0.6) is 5.75 Å². The molecule has 0 aliphatic carbocycles. The SMILES string of the molecule is Cc1ccc(OCc2c(C)cccc2C)c(CO)c1. The van der Waals surface area contributed by atoms with E-state index < -0.39 is 0 Å². The molecule has 0 radical (unpaired) electrons. The quantitative estimate of drug-likeness (QED) is 0.904. The van der Waals surface area contributed by atoms with Crippen molar-refractivity contribution in [3.8, 4) is 5.75 Å². The Morgan fingerprint density at radius 2 is 1.68 bits per heavy atom. The summed E-state index contributed by atoms with van der Waals surface area (Å²) in [6, 6.07) is 12.1. The summed E-state index contributed by atoms with van der Waals surface area (Å²) in [7, 11) is 0. The Labute approximate surface area is 114 Å². The van der Waals surface area contributed by atoms with Crippen LogP contribution in [0, 0.1) is 20.8 Å². The van der Waals surface area contributed by atoms with Crippen LogP contribution < -0.4 is 4.74 Å². The molecule has 100 valence electrons. The number of benzene rings is 2. The van der Waals surface area contributed by atoms with Crippen LogP contribution in [0.3, 0.4) is 0 Å². The lowest BCUT2D eigenvalue weighted by molar-refractivity contribution is 0.258. The highest BCUT2D eigenvalue weighted by Gasteiger charge is 2.06. The van der Waals surface area contributed by atoms with Crippen LogP contribution in [-0.2, 0) is 13.2 Å². The molecule has 0 aliphatic rings. The second-order valence-corrected chi connectivity index (χ2v) is 4.93. The smallest absolute Gasteiger partial charge is 0.125 e. The third-order valence-electron chi connectivity index (χ3n) is 3.40. The van der Waals surface area contributed by atoms with Crippen molar-refractivity contribution in [1.29, 1.82) is 0 Å². The van der Waals surface area contributed by atoms with Crippen molar-refractivity contribution >= 4 is 0 Å². The monoisotopic (exact) mass is 256 g/mol. The molecule has 0 aromatic heterocycles. The van der Waals surface area contributed by atoms with Gasteiger partial charge in [-0.25, -0.2) is 0 Å². The Balaban J connectivity index is 2.19. The number of rotatable bonds is 4. The van der Waals surface area contributed by atoms with Gasteiger partial charge in [-0.1, -0.05) is 35.9 Å². The molecule has 2 heteroatoms. The third-order valence-corrected chi connectivity index (χ3v) is 3.40. The zero-order valence-electron chi connectivity index (χ0n) is 11.7. The molecule has 0 bridgehead atoms. The van der Waals surface area contributed by atoms with Gasteiger partial charge in [0.2, 0.25) is 0 Å². The van der Waals surface area contributed by atoms with E-state index in [-0.39, 0.29) is 6.61 Å². The molecule has 0 saturated heterocycles. The average molecular weight is 256 g/mol. The fraction of sp³-hybridized carbons (Fsp3) is 0.294. The van der Waals surface area contributed by atoms with Gasteiger partial charge in [0, 0.05) is 5.56 Å². The lowest BCUT2D eigenvalue weighted by atomic mass is 10.0. The summed E-state index contributed by atoms with van der Waals surface area (Å²) >= 11 is 0. The van der Waals surface area contributed by atoms with Gasteiger partial charge in [-0.15, -0.1) is 0 Å². The Kier molecular flexibility index (Phi) is 4.23. The second-order valence-electron chi connectivity index (χ2n) is 4.93. The van der Waals surface area contributed by atoms with E-state index in [2.05, 4.69) is 32.0 Å². The van der Waals surface area contributed by atoms with Crippen molar-refractivity contribution in [1.82, 2.24) is 0 Å². The van der Waals surface area contributed by atoms with E-state index in [0.29, 0.717) is 6.61 Å². The molecule has 0 unspecified atom stereocenters. The molecular formula is C17H20O2. The van der Waals surface area contributed by atoms with Crippen LogP contribution in [0.1, 0.15) is 27.8 Å². The molecule has 0 atom stereocenters. The number of ether oxygens (including phenoxy) is 1. The van der Waals surface area contributed by atoms with Crippen molar-refractivity contribution in [3.63, 3.8) is 0 Å². The molecule has 1 N–H and O–H groups in total. The zero-order valence-corrected chi connectivity index (χ0v) is 11.7. The molecule has 0 amide bonds. The van der Waals surface area contributed by atoms with Gasteiger partial charge < -0.3 is 9.84 Å². The molecular weight excluding hydrogens is 236 g/mol. The minimum absolute atomic E-state index is 0.00374. The average Bonchev–Trinajstić information content (AvgIpc) is 2.39. The van der Waals surface area contributed by atoms with E-state index >= 15 is 0 Å². The topological polar surface area (TPSA) is 29.5 Å². The normalized spacial score (nSPS) is 10.5. The van der Waals surface area contributed by atoms with Crippen LogP contribution >= 0.6 is 0 Å². The van der Waals surface area contributed by atoms with E-state index in [0.717, 1.165) is 16.9 Å². The summed E-state index contributed by atoms with van der Waals surface area (Å²) in [5.41, 5.74) is 5.65. The molecule has 0 spiro atoms. The van der Waals surface area contributed by atoms with Crippen LogP contribution in [0.2, 0.25) is 0 Å². The first-order valence-corrected chi connectivity index (χ1v) is 6.50. The highest BCUT2D eigenvalue weighted by atomic mass is 16.5. The van der Waals surface area contributed by atoms with Crippen LogP contribution in [0.25, 0.3) is 0 Å². The van der Waals surface area contributed by atoms with E-state index in [1.807, 2.05) is 25.1 Å². The van der Waals surface area contributed by atoms with Gasteiger partial charge in [0.1, 0.15) is 12.4 Å². The van der Waals surface area contributed by atoms with Crippen molar-refractivity contribution < 1.29 is 9.84 Å². The van der Waals surface area contributed by atoms with Crippen molar-refractivity contribution in [2.75, 3.05) is 0 Å². The zero-order chi connectivity index (χ0) is 13.8. The minimum Gasteiger partial charge on any atom is -0.489 e. The maximum atomic E-state index is 9.37.